The van der Waals surface area contributed by atoms with Crippen molar-refractivity contribution in [2.75, 3.05) is 18.4 Å². The minimum absolute atomic E-state index is 0.0208. The molecule has 0 saturated heterocycles. The second kappa shape index (κ2) is 8.57. The maximum atomic E-state index is 11.9. The summed E-state index contributed by atoms with van der Waals surface area (Å²) in [4.78, 5) is 32.1. The predicted octanol–water partition coefficient (Wildman–Crippen LogP) is 1.47. The molecular formula is C19H19N5O2. The van der Waals surface area contributed by atoms with E-state index in [1.165, 1.54) is 6.33 Å². The van der Waals surface area contributed by atoms with E-state index in [1.807, 2.05) is 54.6 Å². The van der Waals surface area contributed by atoms with E-state index in [2.05, 4.69) is 25.9 Å². The minimum atomic E-state index is -0.289. The van der Waals surface area contributed by atoms with Crippen molar-refractivity contribution >= 4 is 28.5 Å². The molecule has 0 spiro atoms. The first kappa shape index (κ1) is 17.3. The Morgan fingerprint density at radius 3 is 2.38 bits per heavy atom. The van der Waals surface area contributed by atoms with Crippen LogP contribution in [0.5, 0.6) is 0 Å². The molecule has 0 atom stereocenters. The van der Waals surface area contributed by atoms with Crippen molar-refractivity contribution in [2.45, 2.75) is 6.54 Å². The summed E-state index contributed by atoms with van der Waals surface area (Å²) in [5, 5.41) is 9.15. The van der Waals surface area contributed by atoms with Crippen LogP contribution in [0.4, 0.5) is 5.82 Å². The van der Waals surface area contributed by atoms with Crippen LogP contribution in [-0.2, 0) is 16.1 Å². The summed E-state index contributed by atoms with van der Waals surface area (Å²) in [5.41, 5.74) is 1.80. The molecule has 0 bridgehead atoms. The van der Waals surface area contributed by atoms with Crippen molar-refractivity contribution in [3.05, 3.63) is 66.5 Å². The molecule has 0 radical (unpaired) electrons. The van der Waals surface area contributed by atoms with Crippen LogP contribution in [0.2, 0.25) is 0 Å². The Morgan fingerprint density at radius 1 is 0.808 bits per heavy atom. The van der Waals surface area contributed by atoms with Crippen molar-refractivity contribution in [1.82, 2.24) is 20.6 Å². The van der Waals surface area contributed by atoms with Crippen LogP contribution in [0.1, 0.15) is 5.56 Å². The quantitative estimate of drug-likeness (QED) is 0.600. The molecule has 0 unspecified atom stereocenters. The molecule has 7 nitrogen and oxygen atoms in total. The number of nitrogens with zero attached hydrogens (tertiary/aromatic N) is 2. The van der Waals surface area contributed by atoms with Gasteiger partial charge in [0.25, 0.3) is 0 Å². The van der Waals surface area contributed by atoms with E-state index in [0.29, 0.717) is 12.4 Å². The summed E-state index contributed by atoms with van der Waals surface area (Å²) >= 11 is 0. The smallest absolute Gasteiger partial charge is 0.239 e. The molecule has 2 aromatic carbocycles. The lowest BCUT2D eigenvalue weighted by atomic mass is 10.2. The maximum absolute atomic E-state index is 11.9. The molecule has 0 saturated carbocycles. The molecule has 1 aromatic heterocycles. The number of amides is 2. The fourth-order valence-corrected chi connectivity index (χ4v) is 2.41. The molecule has 2 amide bonds. The number of nitrogens with one attached hydrogen (secondary N) is 3. The van der Waals surface area contributed by atoms with Gasteiger partial charge in [-0.1, -0.05) is 42.5 Å². The number of carbonyl (C=O) groups is 2. The van der Waals surface area contributed by atoms with Crippen molar-refractivity contribution in [3.63, 3.8) is 0 Å². The number of anilines is 1. The maximum Gasteiger partial charge on any atom is 0.239 e. The zero-order valence-electron chi connectivity index (χ0n) is 14.1. The van der Waals surface area contributed by atoms with Crippen LogP contribution >= 0.6 is 0 Å². The Hall–Kier alpha value is -3.48. The average Bonchev–Trinajstić information content (AvgIpc) is 2.70. The monoisotopic (exact) mass is 349 g/mol. The molecular weight excluding hydrogens is 330 g/mol. The summed E-state index contributed by atoms with van der Waals surface area (Å²) in [6.45, 7) is 0.381. The highest BCUT2D eigenvalue weighted by molar-refractivity contribution is 5.91. The van der Waals surface area contributed by atoms with Gasteiger partial charge in [-0.2, -0.15) is 0 Å². The van der Waals surface area contributed by atoms with E-state index < -0.39 is 0 Å². The van der Waals surface area contributed by atoms with Gasteiger partial charge in [-0.3, -0.25) is 9.59 Å². The number of aromatic nitrogens is 2. The molecule has 132 valence electrons. The van der Waals surface area contributed by atoms with Crippen molar-refractivity contribution in [3.8, 4) is 0 Å². The lowest BCUT2D eigenvalue weighted by Crippen LogP contribution is -2.39. The van der Waals surface area contributed by atoms with Gasteiger partial charge < -0.3 is 16.0 Å². The van der Waals surface area contributed by atoms with Crippen molar-refractivity contribution in [1.29, 1.82) is 0 Å². The van der Waals surface area contributed by atoms with Crippen LogP contribution < -0.4 is 16.0 Å². The van der Waals surface area contributed by atoms with Crippen molar-refractivity contribution in [2.24, 2.45) is 0 Å². The van der Waals surface area contributed by atoms with Gasteiger partial charge in [0.1, 0.15) is 12.1 Å². The summed E-state index contributed by atoms with van der Waals surface area (Å²) < 4.78 is 0. The first-order valence-electron chi connectivity index (χ1n) is 8.23. The molecule has 0 aliphatic rings. The van der Waals surface area contributed by atoms with E-state index in [4.69, 9.17) is 0 Å². The predicted molar refractivity (Wildman–Crippen MR) is 99.3 cm³/mol. The number of fused-ring (bicyclic) bond motifs is 1. The van der Waals surface area contributed by atoms with Gasteiger partial charge in [-0.05, 0) is 17.7 Å². The number of benzene rings is 2. The van der Waals surface area contributed by atoms with Gasteiger partial charge in [0.2, 0.25) is 11.8 Å². The van der Waals surface area contributed by atoms with Crippen LogP contribution in [0.3, 0.4) is 0 Å². The largest absolute Gasteiger partial charge is 0.360 e. The number of hydrogen-bond acceptors (Lipinski definition) is 5. The Bertz CT molecular complexity index is 893. The van der Waals surface area contributed by atoms with E-state index >= 15 is 0 Å². The van der Waals surface area contributed by atoms with Crippen LogP contribution in [0, 0.1) is 0 Å². The van der Waals surface area contributed by atoms with Gasteiger partial charge in [0, 0.05) is 11.9 Å². The molecule has 0 fully saturated rings. The summed E-state index contributed by atoms with van der Waals surface area (Å²) in [6.07, 6.45) is 1.44. The normalized spacial score (nSPS) is 10.3. The SMILES string of the molecule is O=C(CNC(=O)CNc1ncnc2ccccc12)NCc1ccccc1. The molecule has 26 heavy (non-hydrogen) atoms. The lowest BCUT2D eigenvalue weighted by Gasteiger charge is -2.09. The zero-order valence-corrected chi connectivity index (χ0v) is 14.1. The lowest BCUT2D eigenvalue weighted by molar-refractivity contribution is -0.125. The Balaban J connectivity index is 1.43. The highest BCUT2D eigenvalue weighted by atomic mass is 16.2. The number of rotatable bonds is 7. The van der Waals surface area contributed by atoms with E-state index in [-0.39, 0.29) is 24.9 Å². The fraction of sp³-hybridized carbons (Fsp3) is 0.158. The Labute approximate surface area is 150 Å². The van der Waals surface area contributed by atoms with E-state index in [0.717, 1.165) is 16.5 Å². The Morgan fingerprint density at radius 2 is 1.54 bits per heavy atom. The van der Waals surface area contributed by atoms with Gasteiger partial charge in [-0.25, -0.2) is 9.97 Å². The van der Waals surface area contributed by atoms with Crippen LogP contribution in [0.25, 0.3) is 10.9 Å². The van der Waals surface area contributed by atoms with Crippen LogP contribution in [0.15, 0.2) is 60.9 Å². The average molecular weight is 349 g/mol. The summed E-state index contributed by atoms with van der Waals surface area (Å²) in [7, 11) is 0. The fourth-order valence-electron chi connectivity index (χ4n) is 2.41. The molecule has 3 rings (SSSR count). The molecule has 3 N–H and O–H groups in total. The van der Waals surface area contributed by atoms with Gasteiger partial charge in [-0.15, -0.1) is 0 Å². The zero-order chi connectivity index (χ0) is 18.2. The third kappa shape index (κ3) is 4.76. The third-order valence-electron chi connectivity index (χ3n) is 3.74. The van der Waals surface area contributed by atoms with E-state index in [9.17, 15) is 9.59 Å². The first-order valence-corrected chi connectivity index (χ1v) is 8.23. The summed E-state index contributed by atoms with van der Waals surface area (Å²) in [5.74, 6) is 0.0523. The standard InChI is InChI=1S/C19H19N5O2/c25-17(20-10-14-6-2-1-3-7-14)11-21-18(26)12-22-19-15-8-4-5-9-16(15)23-13-24-19/h1-9,13H,10-12H2,(H,20,25)(H,21,26)(H,22,23,24). The number of carbonyl (C=O) groups excluding carboxylic acids is 2. The molecule has 7 heteroatoms. The molecule has 0 aliphatic carbocycles. The first-order chi connectivity index (χ1) is 12.7. The second-order valence-electron chi connectivity index (χ2n) is 5.63. The van der Waals surface area contributed by atoms with Crippen LogP contribution in [-0.4, -0.2) is 34.9 Å². The topological polar surface area (TPSA) is 96.0 Å². The van der Waals surface area contributed by atoms with Gasteiger partial charge in [0.05, 0.1) is 18.6 Å². The van der Waals surface area contributed by atoms with Gasteiger partial charge >= 0.3 is 0 Å². The number of para-hydroxylation sites is 1. The third-order valence-corrected chi connectivity index (χ3v) is 3.74. The molecule has 3 aromatic rings. The second-order valence-corrected chi connectivity index (χ2v) is 5.63. The molecule has 0 aliphatic heterocycles. The highest BCUT2D eigenvalue weighted by Gasteiger charge is 2.07. The van der Waals surface area contributed by atoms with E-state index in [1.54, 1.807) is 0 Å². The minimum Gasteiger partial charge on any atom is -0.360 e. The Kier molecular flexibility index (Phi) is 5.72. The molecule has 1 heterocycles. The van der Waals surface area contributed by atoms with Crippen molar-refractivity contribution < 1.29 is 9.59 Å². The highest BCUT2D eigenvalue weighted by Crippen LogP contribution is 2.17. The van der Waals surface area contributed by atoms with Gasteiger partial charge in [0.15, 0.2) is 0 Å². The number of hydrogen-bond donors (Lipinski definition) is 3. The summed E-state index contributed by atoms with van der Waals surface area (Å²) in [6, 6.07) is 17.1.